The zero-order chi connectivity index (χ0) is 30.8. The molecule has 1 fully saturated rings. The van der Waals surface area contributed by atoms with Gasteiger partial charge in [0.15, 0.2) is 0 Å². The topological polar surface area (TPSA) is 99.2 Å². The smallest absolute Gasteiger partial charge is 0.253 e. The van der Waals surface area contributed by atoms with Gasteiger partial charge in [-0.1, -0.05) is 13.8 Å². The summed E-state index contributed by atoms with van der Waals surface area (Å²) in [6, 6.07) is 10.8. The van der Waals surface area contributed by atoms with Gasteiger partial charge >= 0.3 is 0 Å². The molecule has 2 N–H and O–H groups in total. The fourth-order valence-corrected chi connectivity index (χ4v) is 5.83. The number of carbonyl (C=O) groups is 1. The Hall–Kier alpha value is -3.98. The Labute approximate surface area is 254 Å². The molecule has 1 atom stereocenters. The van der Waals surface area contributed by atoms with Crippen LogP contribution in [-0.4, -0.2) is 62.8 Å². The molecule has 3 aromatic heterocycles. The second-order valence-electron chi connectivity index (χ2n) is 12.4. The van der Waals surface area contributed by atoms with Crippen molar-refractivity contribution >= 4 is 22.6 Å². The Morgan fingerprint density at radius 3 is 2.33 bits per heavy atom. The lowest BCUT2D eigenvalue weighted by atomic mass is 10.00. The van der Waals surface area contributed by atoms with Gasteiger partial charge in [-0.05, 0) is 88.4 Å². The van der Waals surface area contributed by atoms with Crippen LogP contribution in [0.4, 0.5) is 5.82 Å². The van der Waals surface area contributed by atoms with E-state index >= 15 is 0 Å². The van der Waals surface area contributed by atoms with Gasteiger partial charge in [-0.15, -0.1) is 0 Å². The quantitative estimate of drug-likeness (QED) is 0.264. The number of rotatable bonds is 9. The number of aryl methyl sites for hydroxylation is 1. The number of hydrogen-bond donors (Lipinski definition) is 2. The van der Waals surface area contributed by atoms with Gasteiger partial charge in [0.1, 0.15) is 5.82 Å². The first-order valence-electron chi connectivity index (χ1n) is 15.5. The molecule has 1 saturated heterocycles. The maximum absolute atomic E-state index is 13.7. The molecule has 9 nitrogen and oxygen atoms in total. The highest BCUT2D eigenvalue weighted by Gasteiger charge is 2.21. The summed E-state index contributed by atoms with van der Waals surface area (Å²) >= 11 is 0. The molecule has 9 heteroatoms. The molecule has 0 spiro atoms. The Kier molecular flexibility index (Phi) is 9.01. The lowest BCUT2D eigenvalue weighted by Crippen LogP contribution is -2.49. The SMILES string of the molecule is CCC(C)c1cc(C)c(CNC(=O)c2cc(-c3ccc(N4CCN(C(C)C)CC4)nc3)cc3c2cnn3C(C)C)c(=O)[nH]1. The summed E-state index contributed by atoms with van der Waals surface area (Å²) in [6.45, 7) is 18.9. The number of pyridine rings is 2. The molecule has 0 saturated carbocycles. The van der Waals surface area contributed by atoms with Crippen LogP contribution >= 0.6 is 0 Å². The summed E-state index contributed by atoms with van der Waals surface area (Å²) in [4.78, 5) is 39.2. The van der Waals surface area contributed by atoms with E-state index in [4.69, 9.17) is 4.98 Å². The van der Waals surface area contributed by atoms with E-state index in [2.05, 4.69) is 84.9 Å². The number of amides is 1. The third-order valence-electron chi connectivity index (χ3n) is 8.85. The van der Waals surface area contributed by atoms with Crippen LogP contribution < -0.4 is 15.8 Å². The second-order valence-corrected chi connectivity index (χ2v) is 12.4. The van der Waals surface area contributed by atoms with Gasteiger partial charge in [0.2, 0.25) is 0 Å². The molecule has 4 heterocycles. The normalized spacial score (nSPS) is 15.0. The Morgan fingerprint density at radius 2 is 1.72 bits per heavy atom. The van der Waals surface area contributed by atoms with Gasteiger partial charge in [0.05, 0.1) is 17.3 Å². The number of nitrogens with one attached hydrogen (secondary N) is 2. The van der Waals surface area contributed by atoms with Crippen molar-refractivity contribution < 1.29 is 4.79 Å². The number of aromatic nitrogens is 4. The predicted octanol–water partition coefficient (Wildman–Crippen LogP) is 5.65. The molecule has 43 heavy (non-hydrogen) atoms. The monoisotopic (exact) mass is 583 g/mol. The summed E-state index contributed by atoms with van der Waals surface area (Å²) in [5.41, 5.74) is 5.46. The average molecular weight is 584 g/mol. The molecule has 1 amide bonds. The predicted molar refractivity (Wildman–Crippen MR) is 174 cm³/mol. The second kappa shape index (κ2) is 12.7. The lowest BCUT2D eigenvalue weighted by molar-refractivity contribution is 0.0952. The Morgan fingerprint density at radius 1 is 0.977 bits per heavy atom. The summed E-state index contributed by atoms with van der Waals surface area (Å²) in [6.07, 6.45) is 4.59. The van der Waals surface area contributed by atoms with Crippen molar-refractivity contribution in [3.05, 3.63) is 75.5 Å². The van der Waals surface area contributed by atoms with Gasteiger partial charge in [0.25, 0.3) is 11.5 Å². The van der Waals surface area contributed by atoms with Crippen molar-refractivity contribution in [1.29, 1.82) is 0 Å². The highest BCUT2D eigenvalue weighted by atomic mass is 16.1. The van der Waals surface area contributed by atoms with E-state index in [0.29, 0.717) is 17.2 Å². The van der Waals surface area contributed by atoms with Crippen LogP contribution in [0.1, 0.15) is 87.1 Å². The maximum atomic E-state index is 13.7. The zero-order valence-corrected chi connectivity index (χ0v) is 26.6. The largest absolute Gasteiger partial charge is 0.354 e. The number of fused-ring (bicyclic) bond motifs is 1. The molecule has 0 aliphatic carbocycles. The zero-order valence-electron chi connectivity index (χ0n) is 26.6. The highest BCUT2D eigenvalue weighted by Crippen LogP contribution is 2.30. The Balaban J connectivity index is 1.42. The van der Waals surface area contributed by atoms with Gasteiger partial charge in [-0.25, -0.2) is 4.98 Å². The minimum atomic E-state index is -0.243. The molecule has 0 radical (unpaired) electrons. The van der Waals surface area contributed by atoms with Crippen LogP contribution in [0.15, 0.2) is 47.5 Å². The number of aromatic amines is 1. The third kappa shape index (κ3) is 6.37. The molecule has 1 aromatic carbocycles. The van der Waals surface area contributed by atoms with Gasteiger partial charge in [-0.2, -0.15) is 5.10 Å². The van der Waals surface area contributed by atoms with Gasteiger partial charge in [0, 0.05) is 73.2 Å². The van der Waals surface area contributed by atoms with Crippen molar-refractivity contribution in [2.75, 3.05) is 31.1 Å². The van der Waals surface area contributed by atoms with E-state index in [1.807, 2.05) is 29.9 Å². The van der Waals surface area contributed by atoms with Crippen molar-refractivity contribution in [3.8, 4) is 11.1 Å². The number of piperazine rings is 1. The number of H-pyrrole nitrogens is 1. The summed E-state index contributed by atoms with van der Waals surface area (Å²) in [7, 11) is 0. The average Bonchev–Trinajstić information content (AvgIpc) is 3.44. The van der Waals surface area contributed by atoms with E-state index in [9.17, 15) is 9.59 Å². The van der Waals surface area contributed by atoms with E-state index in [0.717, 1.165) is 71.7 Å². The number of hydrogen-bond acceptors (Lipinski definition) is 6. The first-order valence-corrected chi connectivity index (χ1v) is 15.5. The molecule has 228 valence electrons. The standard InChI is InChI=1S/C34H45N7O2/c1-8-23(6)30-15-24(7)28(34(43)38-30)19-36-33(42)27-16-26(17-31-29(27)20-37-41(31)22(4)5)25-9-10-32(35-18-25)40-13-11-39(12-14-40)21(2)3/h9-10,15-18,20-23H,8,11-14,19H2,1-7H3,(H,36,42)(H,38,43). The number of benzene rings is 1. The summed E-state index contributed by atoms with van der Waals surface area (Å²) in [5, 5.41) is 8.39. The fraction of sp³-hybridized carbons (Fsp3) is 0.471. The van der Waals surface area contributed by atoms with Crippen molar-refractivity contribution in [3.63, 3.8) is 0 Å². The third-order valence-corrected chi connectivity index (χ3v) is 8.85. The molecule has 0 bridgehead atoms. The van der Waals surface area contributed by atoms with Gasteiger partial charge in [-0.3, -0.25) is 19.2 Å². The first kappa shape index (κ1) is 30.5. The summed E-state index contributed by atoms with van der Waals surface area (Å²) in [5.74, 6) is 0.994. The van der Waals surface area contributed by atoms with E-state index in [-0.39, 0.29) is 30.0 Å². The van der Waals surface area contributed by atoms with Crippen molar-refractivity contribution in [2.45, 2.75) is 79.4 Å². The molecule has 5 rings (SSSR count). The van der Waals surface area contributed by atoms with Crippen LogP contribution in [0.3, 0.4) is 0 Å². The van der Waals surface area contributed by atoms with Crippen molar-refractivity contribution in [1.82, 2.24) is 30.0 Å². The van der Waals surface area contributed by atoms with Crippen LogP contribution in [0.2, 0.25) is 0 Å². The van der Waals surface area contributed by atoms with Gasteiger partial charge < -0.3 is 15.2 Å². The molecule has 1 unspecified atom stereocenters. The molecular formula is C34H45N7O2. The van der Waals surface area contributed by atoms with E-state index < -0.39 is 0 Å². The minimum absolute atomic E-state index is 0.124. The molecular weight excluding hydrogens is 538 g/mol. The van der Waals surface area contributed by atoms with Crippen LogP contribution in [0.5, 0.6) is 0 Å². The number of anilines is 1. The number of carbonyl (C=O) groups excluding carboxylic acids is 1. The van der Waals surface area contributed by atoms with E-state index in [1.165, 1.54) is 0 Å². The minimum Gasteiger partial charge on any atom is -0.354 e. The van der Waals surface area contributed by atoms with Crippen LogP contribution in [-0.2, 0) is 6.54 Å². The van der Waals surface area contributed by atoms with Crippen LogP contribution in [0, 0.1) is 6.92 Å². The molecule has 4 aromatic rings. The molecule has 1 aliphatic heterocycles. The number of nitrogens with zero attached hydrogens (tertiary/aromatic N) is 5. The highest BCUT2D eigenvalue weighted by molar-refractivity contribution is 6.08. The lowest BCUT2D eigenvalue weighted by Gasteiger charge is -2.37. The Bertz CT molecular complexity index is 1640. The maximum Gasteiger partial charge on any atom is 0.253 e. The van der Waals surface area contributed by atoms with Crippen molar-refractivity contribution in [2.24, 2.45) is 0 Å². The van der Waals surface area contributed by atoms with Crippen LogP contribution in [0.25, 0.3) is 22.0 Å². The summed E-state index contributed by atoms with van der Waals surface area (Å²) < 4.78 is 1.94. The first-order chi connectivity index (χ1) is 20.6. The molecule has 1 aliphatic rings. The fourth-order valence-electron chi connectivity index (χ4n) is 5.83. The van der Waals surface area contributed by atoms with E-state index in [1.54, 1.807) is 6.20 Å².